The van der Waals surface area contributed by atoms with Crippen molar-refractivity contribution in [2.45, 2.75) is 17.1 Å². The predicted octanol–water partition coefficient (Wildman–Crippen LogP) is 2.70. The highest BCUT2D eigenvalue weighted by Gasteiger charge is 2.17. The first-order valence-electron chi connectivity index (χ1n) is 8.20. The van der Waals surface area contributed by atoms with E-state index in [1.807, 2.05) is 0 Å². The van der Waals surface area contributed by atoms with Crippen LogP contribution in [0.1, 0.15) is 23.2 Å². The molecular weight excluding hydrogens is 394 g/mol. The maximum atomic E-state index is 12.3. The molecule has 0 saturated carbocycles. The van der Waals surface area contributed by atoms with Crippen molar-refractivity contribution in [3.05, 3.63) is 47.3 Å². The normalized spacial score (nSPS) is 17.2. The zero-order chi connectivity index (χ0) is 17.7. The van der Waals surface area contributed by atoms with Crippen LogP contribution in [0.3, 0.4) is 0 Å². The van der Waals surface area contributed by atoms with Crippen molar-refractivity contribution in [2.75, 3.05) is 24.4 Å². The summed E-state index contributed by atoms with van der Waals surface area (Å²) < 4.78 is 27.3. The Morgan fingerprint density at radius 1 is 1.27 bits per heavy atom. The summed E-state index contributed by atoms with van der Waals surface area (Å²) in [6.07, 6.45) is 2.23. The van der Waals surface area contributed by atoms with Crippen molar-refractivity contribution in [3.8, 4) is 0 Å². The Kier molecular flexibility index (Phi) is 7.45. The molecule has 1 saturated heterocycles. The van der Waals surface area contributed by atoms with Gasteiger partial charge in [0.1, 0.15) is 4.21 Å². The van der Waals surface area contributed by atoms with Gasteiger partial charge >= 0.3 is 0 Å². The average molecular weight is 416 g/mol. The highest BCUT2D eigenvalue weighted by atomic mass is 35.5. The van der Waals surface area contributed by atoms with Gasteiger partial charge < -0.3 is 10.6 Å². The number of benzene rings is 1. The molecule has 1 fully saturated rings. The van der Waals surface area contributed by atoms with Crippen LogP contribution in [0, 0.1) is 5.92 Å². The van der Waals surface area contributed by atoms with Crippen LogP contribution in [0.2, 0.25) is 0 Å². The Labute approximate surface area is 163 Å². The highest BCUT2D eigenvalue weighted by molar-refractivity contribution is 7.94. The van der Waals surface area contributed by atoms with Crippen LogP contribution in [-0.2, 0) is 10.0 Å². The largest absolute Gasteiger partial charge is 0.352 e. The van der Waals surface area contributed by atoms with Crippen LogP contribution in [0.15, 0.2) is 46.0 Å². The van der Waals surface area contributed by atoms with Crippen molar-refractivity contribution in [2.24, 2.45) is 5.92 Å². The first-order valence-corrected chi connectivity index (χ1v) is 10.6. The topological polar surface area (TPSA) is 87.3 Å². The molecule has 26 heavy (non-hydrogen) atoms. The second-order valence-electron chi connectivity index (χ2n) is 6.04. The minimum Gasteiger partial charge on any atom is -0.352 e. The van der Waals surface area contributed by atoms with E-state index in [2.05, 4.69) is 15.4 Å². The Morgan fingerprint density at radius 2 is 2.12 bits per heavy atom. The van der Waals surface area contributed by atoms with Crippen LogP contribution in [0.25, 0.3) is 0 Å². The molecule has 1 amide bonds. The second-order valence-corrected chi connectivity index (χ2v) is 8.90. The number of thiophene rings is 1. The molecule has 1 atom stereocenters. The minimum atomic E-state index is -3.61. The van der Waals surface area contributed by atoms with Gasteiger partial charge in [0.15, 0.2) is 0 Å². The number of amides is 1. The molecule has 1 aliphatic heterocycles. The zero-order valence-electron chi connectivity index (χ0n) is 14.1. The third-order valence-corrected chi connectivity index (χ3v) is 6.87. The number of carbonyl (C=O) groups is 1. The van der Waals surface area contributed by atoms with E-state index in [0.29, 0.717) is 23.7 Å². The molecule has 3 N–H and O–H groups in total. The van der Waals surface area contributed by atoms with Gasteiger partial charge in [-0.25, -0.2) is 8.42 Å². The van der Waals surface area contributed by atoms with Gasteiger partial charge in [-0.2, -0.15) is 0 Å². The van der Waals surface area contributed by atoms with Crippen LogP contribution in [0.5, 0.6) is 0 Å². The summed E-state index contributed by atoms with van der Waals surface area (Å²) >= 11 is 1.15. The fraction of sp³-hybridized carbons (Fsp3) is 0.353. The number of hydrogen-bond donors (Lipinski definition) is 3. The van der Waals surface area contributed by atoms with Gasteiger partial charge in [-0.3, -0.25) is 9.52 Å². The molecule has 1 aliphatic rings. The lowest BCUT2D eigenvalue weighted by Gasteiger charge is -2.22. The summed E-state index contributed by atoms with van der Waals surface area (Å²) in [5.41, 5.74) is 0.815. The number of sulfonamides is 1. The summed E-state index contributed by atoms with van der Waals surface area (Å²) in [5.74, 6) is 0.251. The van der Waals surface area contributed by atoms with Crippen molar-refractivity contribution < 1.29 is 13.2 Å². The van der Waals surface area contributed by atoms with E-state index in [1.165, 1.54) is 0 Å². The lowest BCUT2D eigenvalue weighted by Crippen LogP contribution is -2.38. The number of piperidine rings is 1. The molecule has 0 bridgehead atoms. The molecule has 1 unspecified atom stereocenters. The molecule has 2 heterocycles. The Bertz CT molecular complexity index is 820. The number of carbonyl (C=O) groups excluding carboxylic acids is 1. The quantitative estimate of drug-likeness (QED) is 0.676. The molecule has 3 rings (SSSR count). The molecule has 2 aromatic rings. The van der Waals surface area contributed by atoms with Crippen LogP contribution >= 0.6 is 23.7 Å². The van der Waals surface area contributed by atoms with Gasteiger partial charge in [0.05, 0.1) is 0 Å². The van der Waals surface area contributed by atoms with E-state index in [0.717, 1.165) is 37.3 Å². The molecule has 6 nitrogen and oxygen atoms in total. The maximum absolute atomic E-state index is 12.3. The van der Waals surface area contributed by atoms with E-state index < -0.39 is 10.0 Å². The van der Waals surface area contributed by atoms with Crippen molar-refractivity contribution in [3.63, 3.8) is 0 Å². The molecule has 1 aromatic carbocycles. The van der Waals surface area contributed by atoms with Gasteiger partial charge in [-0.15, -0.1) is 23.7 Å². The Hall–Kier alpha value is -1.61. The van der Waals surface area contributed by atoms with Crippen LogP contribution in [0.4, 0.5) is 5.69 Å². The van der Waals surface area contributed by atoms with Gasteiger partial charge in [0.2, 0.25) is 0 Å². The maximum Gasteiger partial charge on any atom is 0.271 e. The van der Waals surface area contributed by atoms with E-state index in [-0.39, 0.29) is 22.5 Å². The zero-order valence-corrected chi connectivity index (χ0v) is 16.6. The fourth-order valence-corrected chi connectivity index (χ4v) is 4.83. The van der Waals surface area contributed by atoms with Gasteiger partial charge in [0, 0.05) is 17.8 Å². The summed E-state index contributed by atoms with van der Waals surface area (Å²) in [7, 11) is -3.61. The number of nitrogens with one attached hydrogen (secondary N) is 3. The number of rotatable bonds is 6. The predicted molar refractivity (Wildman–Crippen MR) is 107 cm³/mol. The van der Waals surface area contributed by atoms with Crippen molar-refractivity contribution >= 4 is 45.4 Å². The minimum absolute atomic E-state index is 0. The van der Waals surface area contributed by atoms with Crippen LogP contribution in [-0.4, -0.2) is 34.0 Å². The summed E-state index contributed by atoms with van der Waals surface area (Å²) in [5, 5.41) is 7.96. The summed E-state index contributed by atoms with van der Waals surface area (Å²) in [6, 6.07) is 9.76. The van der Waals surface area contributed by atoms with E-state index >= 15 is 0 Å². The molecule has 142 valence electrons. The monoisotopic (exact) mass is 415 g/mol. The third kappa shape index (κ3) is 5.44. The molecule has 0 spiro atoms. The molecular formula is C17H22ClN3O3S2. The van der Waals surface area contributed by atoms with Gasteiger partial charge in [0.25, 0.3) is 15.9 Å². The van der Waals surface area contributed by atoms with Crippen molar-refractivity contribution in [1.29, 1.82) is 0 Å². The molecule has 9 heteroatoms. The summed E-state index contributed by atoms with van der Waals surface area (Å²) in [6.45, 7) is 2.58. The van der Waals surface area contributed by atoms with Gasteiger partial charge in [-0.1, -0.05) is 12.1 Å². The summed E-state index contributed by atoms with van der Waals surface area (Å²) in [4.78, 5) is 12.3. The van der Waals surface area contributed by atoms with Crippen LogP contribution < -0.4 is 15.4 Å². The number of hydrogen-bond acceptors (Lipinski definition) is 5. The first kappa shape index (κ1) is 20.7. The van der Waals surface area contributed by atoms with Crippen molar-refractivity contribution in [1.82, 2.24) is 10.6 Å². The first-order chi connectivity index (χ1) is 12.0. The Morgan fingerprint density at radius 3 is 2.81 bits per heavy atom. The lowest BCUT2D eigenvalue weighted by molar-refractivity contribution is 0.0945. The van der Waals surface area contributed by atoms with E-state index in [1.54, 1.807) is 41.8 Å². The smallest absolute Gasteiger partial charge is 0.271 e. The van der Waals surface area contributed by atoms with Gasteiger partial charge in [-0.05, 0) is 61.5 Å². The molecule has 1 aromatic heterocycles. The van der Waals surface area contributed by atoms with E-state index in [4.69, 9.17) is 0 Å². The number of anilines is 1. The SMILES string of the molecule is Cl.O=C(NCC1CCCNC1)c1cccc(NS(=O)(=O)c2cccs2)c1. The average Bonchev–Trinajstić information content (AvgIpc) is 3.16. The third-order valence-electron chi connectivity index (χ3n) is 4.09. The second kappa shape index (κ2) is 9.36. The molecule has 0 aliphatic carbocycles. The standard InChI is InChI=1S/C17H21N3O3S2.ClH/c21-17(19-12-13-4-2-8-18-11-13)14-5-1-6-15(10-14)20-25(22,23)16-7-3-9-24-16;/h1,3,5-7,9-10,13,18,20H,2,4,8,11-12H2,(H,19,21);1H. The Balaban J connectivity index is 0.00000243. The lowest BCUT2D eigenvalue weighted by atomic mass is 9.99. The van der Waals surface area contributed by atoms with E-state index in [9.17, 15) is 13.2 Å². The highest BCUT2D eigenvalue weighted by Crippen LogP contribution is 2.21. The molecule has 0 radical (unpaired) electrons. The fourth-order valence-electron chi connectivity index (χ4n) is 2.78. The number of halogens is 1.